The van der Waals surface area contributed by atoms with Crippen molar-refractivity contribution in [2.45, 2.75) is 58.3 Å². The van der Waals surface area contributed by atoms with Crippen LogP contribution >= 0.6 is 0 Å². The quantitative estimate of drug-likeness (QED) is 0.849. The van der Waals surface area contributed by atoms with Gasteiger partial charge >= 0.3 is 5.97 Å². The minimum atomic E-state index is -0.650. The average molecular weight is 274 g/mol. The summed E-state index contributed by atoms with van der Waals surface area (Å²) < 4.78 is 0. The molecule has 110 valence electrons. The third-order valence-corrected chi connectivity index (χ3v) is 4.34. The van der Waals surface area contributed by atoms with Crippen LogP contribution in [0.1, 0.15) is 63.0 Å². The van der Waals surface area contributed by atoms with Gasteiger partial charge in [0, 0.05) is 6.42 Å². The minimum absolute atomic E-state index is 0.335. The molecule has 1 aliphatic carbocycles. The predicted molar refractivity (Wildman–Crippen MR) is 81.9 cm³/mol. The molecule has 1 aromatic rings. The smallest absolute Gasteiger partial charge is 0.303 e. The van der Waals surface area contributed by atoms with Crippen LogP contribution in [0.15, 0.2) is 24.3 Å². The van der Waals surface area contributed by atoms with Gasteiger partial charge in [0.2, 0.25) is 0 Å². The largest absolute Gasteiger partial charge is 0.481 e. The summed E-state index contributed by atoms with van der Waals surface area (Å²) in [5, 5.41) is 8.94. The lowest BCUT2D eigenvalue weighted by molar-refractivity contribution is -0.138. The zero-order valence-corrected chi connectivity index (χ0v) is 12.6. The monoisotopic (exact) mass is 274 g/mol. The van der Waals surface area contributed by atoms with Gasteiger partial charge in [0.25, 0.3) is 0 Å². The van der Waals surface area contributed by atoms with Gasteiger partial charge in [0.1, 0.15) is 0 Å². The van der Waals surface area contributed by atoms with Crippen LogP contribution < -0.4 is 0 Å². The molecule has 0 amide bonds. The van der Waals surface area contributed by atoms with Gasteiger partial charge < -0.3 is 5.11 Å². The van der Waals surface area contributed by atoms with Gasteiger partial charge in [-0.3, -0.25) is 4.79 Å². The van der Waals surface area contributed by atoms with Crippen LogP contribution in [0.4, 0.5) is 0 Å². The van der Waals surface area contributed by atoms with Crippen molar-refractivity contribution in [2.24, 2.45) is 11.8 Å². The molecule has 2 atom stereocenters. The number of carboxylic acids is 1. The Hall–Kier alpha value is -1.31. The third kappa shape index (κ3) is 4.36. The summed E-state index contributed by atoms with van der Waals surface area (Å²) in [6.07, 6.45) is 5.95. The maximum Gasteiger partial charge on any atom is 0.303 e. The first-order chi connectivity index (χ1) is 9.54. The van der Waals surface area contributed by atoms with Crippen molar-refractivity contribution in [3.8, 4) is 0 Å². The SMILES string of the molecule is CC(C)Cc1ccc(C2CCCC(CC(=O)O)C2)cc1. The Balaban J connectivity index is 1.98. The summed E-state index contributed by atoms with van der Waals surface area (Å²) >= 11 is 0. The summed E-state index contributed by atoms with van der Waals surface area (Å²) in [7, 11) is 0. The van der Waals surface area contributed by atoms with Gasteiger partial charge in [-0.15, -0.1) is 0 Å². The van der Waals surface area contributed by atoms with Gasteiger partial charge in [0.15, 0.2) is 0 Å². The van der Waals surface area contributed by atoms with Crippen LogP contribution in [0.3, 0.4) is 0 Å². The summed E-state index contributed by atoms with van der Waals surface area (Å²) in [5.74, 6) is 0.959. The molecule has 0 heterocycles. The van der Waals surface area contributed by atoms with Crippen LogP contribution in [0.2, 0.25) is 0 Å². The maximum atomic E-state index is 10.9. The molecule has 2 nitrogen and oxygen atoms in total. The summed E-state index contributed by atoms with van der Waals surface area (Å²) in [4.78, 5) is 10.9. The van der Waals surface area contributed by atoms with E-state index >= 15 is 0 Å². The van der Waals surface area contributed by atoms with Crippen molar-refractivity contribution >= 4 is 5.97 Å². The van der Waals surface area contributed by atoms with E-state index in [1.807, 2.05) is 0 Å². The van der Waals surface area contributed by atoms with E-state index in [0.29, 0.717) is 24.2 Å². The molecule has 1 N–H and O–H groups in total. The van der Waals surface area contributed by atoms with E-state index in [1.54, 1.807) is 0 Å². The second-order valence-corrected chi connectivity index (χ2v) is 6.67. The molecule has 0 saturated heterocycles. The van der Waals surface area contributed by atoms with E-state index in [0.717, 1.165) is 25.7 Å². The zero-order valence-electron chi connectivity index (χ0n) is 12.6. The van der Waals surface area contributed by atoms with E-state index in [2.05, 4.69) is 38.1 Å². The number of aliphatic carboxylic acids is 1. The fraction of sp³-hybridized carbons (Fsp3) is 0.611. The van der Waals surface area contributed by atoms with Crippen molar-refractivity contribution in [3.63, 3.8) is 0 Å². The van der Waals surface area contributed by atoms with Crippen molar-refractivity contribution in [1.82, 2.24) is 0 Å². The minimum Gasteiger partial charge on any atom is -0.481 e. The van der Waals surface area contributed by atoms with Gasteiger partial charge in [0.05, 0.1) is 0 Å². The van der Waals surface area contributed by atoms with E-state index < -0.39 is 5.97 Å². The lowest BCUT2D eigenvalue weighted by Crippen LogP contribution is -2.17. The Morgan fingerprint density at radius 1 is 1.25 bits per heavy atom. The van der Waals surface area contributed by atoms with E-state index in [-0.39, 0.29) is 0 Å². The highest BCUT2D eigenvalue weighted by molar-refractivity contribution is 5.67. The Kier molecular flexibility index (Phi) is 5.22. The molecule has 1 fully saturated rings. The van der Waals surface area contributed by atoms with Crippen molar-refractivity contribution < 1.29 is 9.90 Å². The van der Waals surface area contributed by atoms with E-state index in [9.17, 15) is 4.79 Å². The van der Waals surface area contributed by atoms with Gasteiger partial charge in [-0.05, 0) is 54.6 Å². The molecule has 0 radical (unpaired) electrons. The molecule has 20 heavy (non-hydrogen) atoms. The molecule has 1 saturated carbocycles. The molecule has 2 rings (SSSR count). The summed E-state index contributed by atoms with van der Waals surface area (Å²) in [6.45, 7) is 4.48. The lowest BCUT2D eigenvalue weighted by Gasteiger charge is -2.28. The number of rotatable bonds is 5. The normalized spacial score (nSPS) is 22.9. The van der Waals surface area contributed by atoms with Gasteiger partial charge in [-0.1, -0.05) is 44.5 Å². The van der Waals surface area contributed by atoms with Crippen LogP contribution in [0, 0.1) is 11.8 Å². The van der Waals surface area contributed by atoms with Crippen molar-refractivity contribution in [3.05, 3.63) is 35.4 Å². The topological polar surface area (TPSA) is 37.3 Å². The molecule has 2 unspecified atom stereocenters. The van der Waals surface area contributed by atoms with Gasteiger partial charge in [-0.25, -0.2) is 0 Å². The average Bonchev–Trinajstić information content (AvgIpc) is 2.38. The molecule has 1 aliphatic rings. The molecule has 0 aromatic heterocycles. The first-order valence-electron chi connectivity index (χ1n) is 7.85. The third-order valence-electron chi connectivity index (χ3n) is 4.34. The Bertz CT molecular complexity index is 433. The molecule has 1 aromatic carbocycles. The van der Waals surface area contributed by atoms with Crippen LogP contribution in [0.5, 0.6) is 0 Å². The first-order valence-corrected chi connectivity index (χ1v) is 7.85. The highest BCUT2D eigenvalue weighted by Crippen LogP contribution is 2.37. The highest BCUT2D eigenvalue weighted by Gasteiger charge is 2.24. The molecule has 0 aliphatic heterocycles. The van der Waals surface area contributed by atoms with E-state index in [1.165, 1.54) is 17.5 Å². The Morgan fingerprint density at radius 3 is 2.55 bits per heavy atom. The zero-order chi connectivity index (χ0) is 14.5. The molecule has 2 heteroatoms. The van der Waals surface area contributed by atoms with Crippen LogP contribution in [-0.2, 0) is 11.2 Å². The number of carboxylic acid groups (broad SMARTS) is 1. The van der Waals surface area contributed by atoms with Crippen LogP contribution in [0.25, 0.3) is 0 Å². The summed E-state index contributed by atoms with van der Waals surface area (Å²) in [6, 6.07) is 9.00. The predicted octanol–water partition coefficient (Wildman–Crippen LogP) is 4.63. The van der Waals surface area contributed by atoms with Crippen molar-refractivity contribution in [1.29, 1.82) is 0 Å². The number of benzene rings is 1. The van der Waals surface area contributed by atoms with E-state index in [4.69, 9.17) is 5.11 Å². The Labute approximate surface area is 122 Å². The second kappa shape index (κ2) is 6.92. The number of hydrogen-bond donors (Lipinski definition) is 1. The maximum absolute atomic E-state index is 10.9. The molecule has 0 bridgehead atoms. The second-order valence-electron chi connectivity index (χ2n) is 6.67. The van der Waals surface area contributed by atoms with Crippen molar-refractivity contribution in [2.75, 3.05) is 0 Å². The fourth-order valence-corrected chi connectivity index (χ4v) is 3.42. The standard InChI is InChI=1S/C18H26O2/c1-13(2)10-14-6-8-16(9-7-14)17-5-3-4-15(11-17)12-18(19)20/h6-9,13,15,17H,3-5,10-12H2,1-2H3,(H,19,20). The molecular formula is C18H26O2. The number of hydrogen-bond acceptors (Lipinski definition) is 1. The molecule has 0 spiro atoms. The Morgan fingerprint density at radius 2 is 1.95 bits per heavy atom. The lowest BCUT2D eigenvalue weighted by atomic mass is 9.76. The highest BCUT2D eigenvalue weighted by atomic mass is 16.4. The molecular weight excluding hydrogens is 248 g/mol. The first kappa shape index (κ1) is 15.1. The number of carbonyl (C=O) groups is 1. The van der Waals surface area contributed by atoms with Crippen LogP contribution in [-0.4, -0.2) is 11.1 Å². The fourth-order valence-electron chi connectivity index (χ4n) is 3.42. The van der Waals surface area contributed by atoms with Gasteiger partial charge in [-0.2, -0.15) is 0 Å². The summed E-state index contributed by atoms with van der Waals surface area (Å²) in [5.41, 5.74) is 2.80.